The van der Waals surface area contributed by atoms with Crippen molar-refractivity contribution in [3.63, 3.8) is 0 Å². The zero-order chi connectivity index (χ0) is 14.4. The van der Waals surface area contributed by atoms with Gasteiger partial charge in [0.25, 0.3) is 0 Å². The molecule has 2 nitrogen and oxygen atoms in total. The van der Waals surface area contributed by atoms with E-state index in [0.29, 0.717) is 6.04 Å². The molecule has 110 valence electrons. The first kappa shape index (κ1) is 15.3. The molecule has 0 bridgehead atoms. The van der Waals surface area contributed by atoms with Crippen molar-refractivity contribution in [2.75, 3.05) is 26.2 Å². The molecule has 1 saturated heterocycles. The minimum Gasteiger partial charge on any atom is -0.316 e. The van der Waals surface area contributed by atoms with Crippen LogP contribution < -0.4 is 5.32 Å². The molecule has 0 aliphatic carbocycles. The molecular weight excluding hydrogens is 244 g/mol. The number of nitrogens with zero attached hydrogens (tertiary/aromatic N) is 1. The molecule has 1 aliphatic heterocycles. The number of benzene rings is 1. The molecule has 20 heavy (non-hydrogen) atoms. The Morgan fingerprint density at radius 2 is 2.10 bits per heavy atom. The summed E-state index contributed by atoms with van der Waals surface area (Å²) in [4.78, 5) is 2.56. The predicted octanol–water partition coefficient (Wildman–Crippen LogP) is 3.41. The van der Waals surface area contributed by atoms with Crippen molar-refractivity contribution < 1.29 is 0 Å². The van der Waals surface area contributed by atoms with E-state index in [1.807, 2.05) is 0 Å². The Balaban J connectivity index is 1.93. The van der Waals surface area contributed by atoms with Gasteiger partial charge in [-0.1, -0.05) is 36.9 Å². The predicted molar refractivity (Wildman–Crippen MR) is 87.8 cm³/mol. The highest BCUT2D eigenvalue weighted by Crippen LogP contribution is 2.18. The van der Waals surface area contributed by atoms with Crippen molar-refractivity contribution >= 4 is 5.57 Å². The van der Waals surface area contributed by atoms with Crippen LogP contribution in [-0.2, 0) is 0 Å². The van der Waals surface area contributed by atoms with Gasteiger partial charge in [-0.3, -0.25) is 4.90 Å². The molecule has 1 N–H and O–H groups in total. The molecule has 1 unspecified atom stereocenters. The van der Waals surface area contributed by atoms with Gasteiger partial charge in [-0.15, -0.1) is 0 Å². The molecule has 0 aromatic heterocycles. The van der Waals surface area contributed by atoms with Crippen molar-refractivity contribution in [3.8, 4) is 0 Å². The summed E-state index contributed by atoms with van der Waals surface area (Å²) in [7, 11) is 0. The number of rotatable bonds is 6. The summed E-state index contributed by atoms with van der Waals surface area (Å²) in [6.45, 7) is 13.4. The first-order valence-corrected chi connectivity index (χ1v) is 7.84. The topological polar surface area (TPSA) is 15.3 Å². The van der Waals surface area contributed by atoms with Gasteiger partial charge in [0.15, 0.2) is 0 Å². The van der Waals surface area contributed by atoms with Gasteiger partial charge in [-0.2, -0.15) is 0 Å². The maximum absolute atomic E-state index is 4.28. The molecule has 0 spiro atoms. The van der Waals surface area contributed by atoms with Gasteiger partial charge in [0.2, 0.25) is 0 Å². The molecule has 1 aromatic rings. The lowest BCUT2D eigenvalue weighted by molar-refractivity contribution is 0.191. The summed E-state index contributed by atoms with van der Waals surface area (Å²) in [5.74, 6) is 0.787. The van der Waals surface area contributed by atoms with Gasteiger partial charge < -0.3 is 5.32 Å². The van der Waals surface area contributed by atoms with Crippen LogP contribution in [0.5, 0.6) is 0 Å². The van der Waals surface area contributed by atoms with Crippen molar-refractivity contribution in [2.45, 2.75) is 32.7 Å². The molecule has 1 aromatic carbocycles. The van der Waals surface area contributed by atoms with Crippen LogP contribution in [-0.4, -0.2) is 37.1 Å². The van der Waals surface area contributed by atoms with E-state index in [2.05, 4.69) is 61.0 Å². The number of hydrogen-bond acceptors (Lipinski definition) is 2. The summed E-state index contributed by atoms with van der Waals surface area (Å²) in [5.41, 5.74) is 2.49. The van der Waals surface area contributed by atoms with Crippen molar-refractivity contribution in [1.29, 1.82) is 0 Å². The highest BCUT2D eigenvalue weighted by molar-refractivity contribution is 5.64. The molecule has 1 heterocycles. The van der Waals surface area contributed by atoms with E-state index in [-0.39, 0.29) is 0 Å². The molecule has 1 aliphatic rings. The number of nitrogens with one attached hydrogen (secondary N) is 1. The van der Waals surface area contributed by atoms with Gasteiger partial charge >= 0.3 is 0 Å². The summed E-state index contributed by atoms with van der Waals surface area (Å²) in [6.07, 6.45) is 2.67. The molecule has 0 radical (unpaired) electrons. The SMILES string of the molecule is C=C(CN(CC1CCCNC1)C(C)C)c1ccccc1. The first-order chi connectivity index (χ1) is 9.66. The second kappa shape index (κ2) is 7.61. The van der Waals surface area contributed by atoms with E-state index in [0.717, 1.165) is 12.5 Å². The Kier molecular flexibility index (Phi) is 5.81. The van der Waals surface area contributed by atoms with Crippen LogP contribution in [0.25, 0.3) is 5.57 Å². The average molecular weight is 272 g/mol. The van der Waals surface area contributed by atoms with E-state index in [1.54, 1.807) is 0 Å². The van der Waals surface area contributed by atoms with Gasteiger partial charge in [-0.05, 0) is 56.8 Å². The van der Waals surface area contributed by atoms with E-state index < -0.39 is 0 Å². The summed E-state index contributed by atoms with van der Waals surface area (Å²) in [6, 6.07) is 11.1. The summed E-state index contributed by atoms with van der Waals surface area (Å²) >= 11 is 0. The van der Waals surface area contributed by atoms with Crippen LogP contribution in [0.4, 0.5) is 0 Å². The molecule has 0 amide bonds. The fourth-order valence-corrected chi connectivity index (χ4v) is 2.88. The van der Waals surface area contributed by atoms with E-state index in [4.69, 9.17) is 0 Å². The van der Waals surface area contributed by atoms with E-state index in [1.165, 1.54) is 43.6 Å². The lowest BCUT2D eigenvalue weighted by atomic mass is 9.97. The standard InChI is InChI=1S/C18H28N2/c1-15(2)20(14-17-8-7-11-19-12-17)13-16(3)18-9-5-4-6-10-18/h4-6,9-10,15,17,19H,3,7-8,11-14H2,1-2H3. The molecular formula is C18H28N2. The maximum atomic E-state index is 4.28. The van der Waals surface area contributed by atoms with Crippen LogP contribution >= 0.6 is 0 Å². The van der Waals surface area contributed by atoms with Crippen molar-refractivity contribution in [1.82, 2.24) is 10.2 Å². The fraction of sp³-hybridized carbons (Fsp3) is 0.556. The smallest absolute Gasteiger partial charge is 0.0236 e. The maximum Gasteiger partial charge on any atom is 0.0236 e. The van der Waals surface area contributed by atoms with Gasteiger partial charge in [0.05, 0.1) is 0 Å². The monoisotopic (exact) mass is 272 g/mol. The Hall–Kier alpha value is -1.12. The third-order valence-corrected chi connectivity index (χ3v) is 4.20. The zero-order valence-corrected chi connectivity index (χ0v) is 12.9. The Morgan fingerprint density at radius 3 is 2.70 bits per heavy atom. The lowest BCUT2D eigenvalue weighted by Crippen LogP contribution is -2.41. The van der Waals surface area contributed by atoms with Crippen LogP contribution in [0, 0.1) is 5.92 Å². The molecule has 2 heteroatoms. The molecule has 1 fully saturated rings. The minimum absolute atomic E-state index is 0.567. The van der Waals surface area contributed by atoms with Crippen LogP contribution in [0.3, 0.4) is 0 Å². The number of piperidine rings is 1. The van der Waals surface area contributed by atoms with E-state index >= 15 is 0 Å². The largest absolute Gasteiger partial charge is 0.316 e. The normalized spacial score (nSPS) is 19.5. The summed E-state index contributed by atoms with van der Waals surface area (Å²) < 4.78 is 0. The van der Waals surface area contributed by atoms with Crippen LogP contribution in [0.15, 0.2) is 36.9 Å². The minimum atomic E-state index is 0.567. The quantitative estimate of drug-likeness (QED) is 0.853. The Bertz CT molecular complexity index is 405. The molecule has 2 rings (SSSR count). The number of hydrogen-bond donors (Lipinski definition) is 1. The third kappa shape index (κ3) is 4.46. The van der Waals surface area contributed by atoms with Crippen molar-refractivity contribution in [3.05, 3.63) is 42.5 Å². The lowest BCUT2D eigenvalue weighted by Gasteiger charge is -2.33. The van der Waals surface area contributed by atoms with Crippen LogP contribution in [0.2, 0.25) is 0 Å². The zero-order valence-electron chi connectivity index (χ0n) is 12.9. The Morgan fingerprint density at radius 1 is 1.35 bits per heavy atom. The summed E-state index contributed by atoms with van der Waals surface area (Å²) in [5, 5.41) is 3.52. The highest BCUT2D eigenvalue weighted by atomic mass is 15.1. The molecule has 0 saturated carbocycles. The van der Waals surface area contributed by atoms with Crippen LogP contribution in [0.1, 0.15) is 32.3 Å². The average Bonchev–Trinajstić information content (AvgIpc) is 2.48. The molecule has 1 atom stereocenters. The van der Waals surface area contributed by atoms with Gasteiger partial charge in [0.1, 0.15) is 0 Å². The fourth-order valence-electron chi connectivity index (χ4n) is 2.88. The highest BCUT2D eigenvalue weighted by Gasteiger charge is 2.19. The van der Waals surface area contributed by atoms with Gasteiger partial charge in [0, 0.05) is 19.1 Å². The van der Waals surface area contributed by atoms with E-state index in [9.17, 15) is 0 Å². The second-order valence-corrected chi connectivity index (χ2v) is 6.21. The Labute approximate surface area is 123 Å². The van der Waals surface area contributed by atoms with Crippen molar-refractivity contribution in [2.24, 2.45) is 5.92 Å². The first-order valence-electron chi connectivity index (χ1n) is 7.84. The third-order valence-electron chi connectivity index (χ3n) is 4.20. The van der Waals surface area contributed by atoms with Gasteiger partial charge in [-0.25, -0.2) is 0 Å². The second-order valence-electron chi connectivity index (χ2n) is 6.21.